The minimum Gasteiger partial charge on any atom is -0.432 e. The highest BCUT2D eigenvalue weighted by molar-refractivity contribution is 5.28. The SMILES string of the molecule is CC(C)(C)NCc1coc(N(CC2CC2)CC2CC2)n1. The van der Waals surface area contributed by atoms with Crippen LogP contribution >= 0.6 is 0 Å². The van der Waals surface area contributed by atoms with Crippen molar-refractivity contribution in [1.29, 1.82) is 0 Å². The summed E-state index contributed by atoms with van der Waals surface area (Å²) in [5.74, 6) is 1.74. The van der Waals surface area contributed by atoms with Crippen LogP contribution in [0.1, 0.15) is 52.1 Å². The highest BCUT2D eigenvalue weighted by Gasteiger charge is 2.31. The van der Waals surface area contributed by atoms with Crippen LogP contribution in [-0.2, 0) is 6.54 Å². The lowest BCUT2D eigenvalue weighted by molar-refractivity contribution is 0.421. The van der Waals surface area contributed by atoms with Gasteiger partial charge in [0.25, 0.3) is 6.01 Å². The number of hydrogen-bond acceptors (Lipinski definition) is 4. The topological polar surface area (TPSA) is 41.3 Å². The molecule has 1 N–H and O–H groups in total. The van der Waals surface area contributed by atoms with Crippen LogP contribution in [-0.4, -0.2) is 23.6 Å². The number of aromatic nitrogens is 1. The summed E-state index contributed by atoms with van der Waals surface area (Å²) in [5.41, 5.74) is 1.12. The molecule has 20 heavy (non-hydrogen) atoms. The summed E-state index contributed by atoms with van der Waals surface area (Å²) in [6.07, 6.45) is 7.31. The Morgan fingerprint density at radius 3 is 2.30 bits per heavy atom. The molecule has 2 aliphatic carbocycles. The molecule has 2 saturated carbocycles. The maximum atomic E-state index is 5.72. The summed E-state index contributed by atoms with van der Waals surface area (Å²) in [7, 11) is 0. The molecule has 1 aromatic heterocycles. The second-order valence-electron chi connectivity index (χ2n) is 7.52. The molecule has 0 atom stereocenters. The van der Waals surface area contributed by atoms with Gasteiger partial charge >= 0.3 is 0 Å². The van der Waals surface area contributed by atoms with Crippen molar-refractivity contribution in [3.05, 3.63) is 12.0 Å². The number of oxazole rings is 1. The average Bonchev–Trinajstić information content (AvgIpc) is 3.28. The van der Waals surface area contributed by atoms with Crippen LogP contribution in [0.25, 0.3) is 0 Å². The van der Waals surface area contributed by atoms with Gasteiger partial charge in [0.1, 0.15) is 6.26 Å². The lowest BCUT2D eigenvalue weighted by atomic mass is 10.1. The molecular weight excluding hydrogens is 250 g/mol. The van der Waals surface area contributed by atoms with Crippen molar-refractivity contribution in [3.63, 3.8) is 0 Å². The lowest BCUT2D eigenvalue weighted by Crippen LogP contribution is -2.35. The van der Waals surface area contributed by atoms with Crippen molar-refractivity contribution >= 4 is 6.01 Å². The molecule has 4 heteroatoms. The Balaban J connectivity index is 1.59. The Morgan fingerprint density at radius 1 is 1.20 bits per heavy atom. The maximum Gasteiger partial charge on any atom is 0.297 e. The predicted octanol–water partition coefficient (Wildman–Crippen LogP) is 3.19. The molecule has 1 heterocycles. The van der Waals surface area contributed by atoms with Gasteiger partial charge in [-0.2, -0.15) is 4.98 Å². The Kier molecular flexibility index (Phi) is 3.76. The molecule has 0 amide bonds. The van der Waals surface area contributed by atoms with Gasteiger partial charge in [-0.25, -0.2) is 0 Å². The van der Waals surface area contributed by atoms with Gasteiger partial charge in [-0.1, -0.05) is 0 Å². The van der Waals surface area contributed by atoms with Crippen molar-refractivity contribution in [2.45, 2.75) is 58.5 Å². The highest BCUT2D eigenvalue weighted by Crippen LogP contribution is 2.35. The van der Waals surface area contributed by atoms with Crippen LogP contribution in [0, 0.1) is 11.8 Å². The van der Waals surface area contributed by atoms with Crippen LogP contribution in [0.5, 0.6) is 0 Å². The first-order chi connectivity index (χ1) is 9.49. The Labute approximate surface area is 121 Å². The van der Waals surface area contributed by atoms with Crippen LogP contribution in [0.2, 0.25) is 0 Å². The van der Waals surface area contributed by atoms with Crippen molar-refractivity contribution in [1.82, 2.24) is 10.3 Å². The summed E-state index contributed by atoms with van der Waals surface area (Å²) >= 11 is 0. The third-order valence-corrected chi connectivity index (χ3v) is 3.96. The van der Waals surface area contributed by atoms with Gasteiger partial charge in [0.15, 0.2) is 0 Å². The van der Waals surface area contributed by atoms with E-state index < -0.39 is 0 Å². The van der Waals surface area contributed by atoms with E-state index in [4.69, 9.17) is 4.42 Å². The maximum absolute atomic E-state index is 5.72. The standard InChI is InChI=1S/C16H27N3O/c1-16(2,3)17-8-14-11-20-15(18-14)19(9-12-4-5-12)10-13-6-7-13/h11-13,17H,4-10H2,1-3H3. The van der Waals surface area contributed by atoms with Crippen LogP contribution in [0.4, 0.5) is 6.01 Å². The molecule has 0 aliphatic heterocycles. The molecule has 0 radical (unpaired) electrons. The van der Waals surface area contributed by atoms with Crippen LogP contribution < -0.4 is 10.2 Å². The van der Waals surface area contributed by atoms with E-state index in [2.05, 4.69) is 36.0 Å². The molecule has 0 unspecified atom stereocenters. The van der Waals surface area contributed by atoms with E-state index in [-0.39, 0.29) is 5.54 Å². The molecule has 2 fully saturated rings. The number of anilines is 1. The van der Waals surface area contributed by atoms with Crippen LogP contribution in [0.15, 0.2) is 10.7 Å². The third-order valence-electron chi connectivity index (χ3n) is 3.96. The number of nitrogens with zero attached hydrogens (tertiary/aromatic N) is 2. The Morgan fingerprint density at radius 2 is 1.80 bits per heavy atom. The van der Waals surface area contributed by atoms with Crippen LogP contribution in [0.3, 0.4) is 0 Å². The first-order valence-corrected chi connectivity index (χ1v) is 7.94. The predicted molar refractivity (Wildman–Crippen MR) is 80.8 cm³/mol. The average molecular weight is 277 g/mol. The third kappa shape index (κ3) is 4.23. The zero-order valence-corrected chi connectivity index (χ0v) is 13.0. The Hall–Kier alpha value is -1.03. The molecule has 4 nitrogen and oxygen atoms in total. The summed E-state index contributed by atoms with van der Waals surface area (Å²) in [4.78, 5) is 7.04. The summed E-state index contributed by atoms with van der Waals surface area (Å²) < 4.78 is 5.72. The smallest absolute Gasteiger partial charge is 0.297 e. The fourth-order valence-electron chi connectivity index (χ4n) is 2.33. The molecule has 0 bridgehead atoms. The normalized spacial score (nSPS) is 19.4. The van der Waals surface area contributed by atoms with E-state index in [1.807, 2.05) is 0 Å². The van der Waals surface area contributed by atoms with Gasteiger partial charge in [0.05, 0.1) is 5.69 Å². The zero-order chi connectivity index (χ0) is 14.2. The van der Waals surface area contributed by atoms with E-state index in [0.29, 0.717) is 0 Å². The van der Waals surface area contributed by atoms with E-state index in [0.717, 1.165) is 43.2 Å². The van der Waals surface area contributed by atoms with Crippen molar-refractivity contribution < 1.29 is 4.42 Å². The second-order valence-corrected chi connectivity index (χ2v) is 7.52. The van der Waals surface area contributed by atoms with Gasteiger partial charge in [0, 0.05) is 25.2 Å². The molecule has 1 aromatic rings. The fraction of sp³-hybridized carbons (Fsp3) is 0.812. The highest BCUT2D eigenvalue weighted by atomic mass is 16.4. The first-order valence-electron chi connectivity index (χ1n) is 7.94. The fourth-order valence-corrected chi connectivity index (χ4v) is 2.33. The van der Waals surface area contributed by atoms with E-state index >= 15 is 0 Å². The van der Waals surface area contributed by atoms with E-state index in [1.165, 1.54) is 25.7 Å². The molecule has 112 valence electrons. The number of hydrogen-bond donors (Lipinski definition) is 1. The van der Waals surface area contributed by atoms with Gasteiger partial charge in [0.2, 0.25) is 0 Å². The summed E-state index contributed by atoms with van der Waals surface area (Å²) in [5, 5.41) is 3.46. The minimum absolute atomic E-state index is 0.112. The number of rotatable bonds is 7. The van der Waals surface area contributed by atoms with Gasteiger partial charge in [-0.15, -0.1) is 0 Å². The first kappa shape index (κ1) is 13.9. The minimum atomic E-state index is 0.112. The van der Waals surface area contributed by atoms with Gasteiger partial charge in [-0.3, -0.25) is 0 Å². The van der Waals surface area contributed by atoms with E-state index in [9.17, 15) is 0 Å². The van der Waals surface area contributed by atoms with Crippen molar-refractivity contribution in [2.75, 3.05) is 18.0 Å². The Bertz CT molecular complexity index is 427. The van der Waals surface area contributed by atoms with Gasteiger partial charge < -0.3 is 14.6 Å². The van der Waals surface area contributed by atoms with Gasteiger partial charge in [-0.05, 0) is 58.3 Å². The summed E-state index contributed by atoms with van der Waals surface area (Å²) in [6, 6.07) is 0.828. The lowest BCUT2D eigenvalue weighted by Gasteiger charge is -2.20. The molecule has 0 saturated heterocycles. The zero-order valence-electron chi connectivity index (χ0n) is 13.0. The molecule has 3 rings (SSSR count). The van der Waals surface area contributed by atoms with E-state index in [1.54, 1.807) is 6.26 Å². The monoisotopic (exact) mass is 277 g/mol. The quantitative estimate of drug-likeness (QED) is 0.831. The second kappa shape index (κ2) is 5.40. The van der Waals surface area contributed by atoms with Crippen molar-refractivity contribution in [3.8, 4) is 0 Å². The molecular formula is C16H27N3O. The molecule has 0 aromatic carbocycles. The largest absolute Gasteiger partial charge is 0.432 e. The number of nitrogens with one attached hydrogen (secondary N) is 1. The summed E-state index contributed by atoms with van der Waals surface area (Å²) in [6.45, 7) is 9.53. The van der Waals surface area contributed by atoms with Crippen molar-refractivity contribution in [2.24, 2.45) is 11.8 Å². The molecule has 0 spiro atoms. The molecule has 2 aliphatic rings.